The van der Waals surface area contributed by atoms with E-state index in [2.05, 4.69) is 30.6 Å². The minimum Gasteiger partial charge on any atom is -0.487 e. The van der Waals surface area contributed by atoms with Crippen molar-refractivity contribution in [3.05, 3.63) is 112 Å². The van der Waals surface area contributed by atoms with Crippen LogP contribution < -0.4 is 15.4 Å². The van der Waals surface area contributed by atoms with E-state index in [-0.39, 0.29) is 23.2 Å². The van der Waals surface area contributed by atoms with Crippen molar-refractivity contribution in [2.75, 3.05) is 24.2 Å². The Labute approximate surface area is 280 Å². The normalized spacial score (nSPS) is 11.5. The zero-order valence-electron chi connectivity index (χ0n) is 24.9. The van der Waals surface area contributed by atoms with E-state index < -0.39 is 9.84 Å². The first kappa shape index (κ1) is 32.4. The second kappa shape index (κ2) is 14.9. The summed E-state index contributed by atoms with van der Waals surface area (Å²) >= 11 is 8.05. The van der Waals surface area contributed by atoms with Crippen LogP contribution in [0.5, 0.6) is 5.75 Å². The Morgan fingerprint density at radius 3 is 2.68 bits per heavy atom. The number of aromatic nitrogens is 5. The number of rotatable bonds is 14. The monoisotopic (exact) mass is 689 g/mol. The molecule has 0 saturated carbocycles. The van der Waals surface area contributed by atoms with Gasteiger partial charge in [0.1, 0.15) is 30.3 Å². The summed E-state index contributed by atoms with van der Waals surface area (Å²) in [7, 11) is -3.40. The Morgan fingerprint density at radius 1 is 0.936 bits per heavy atom. The SMILES string of the molecule is O=S(=O)(CCNCCCc1nc(-c2cc3c(Nc4ccc(OCc5cccc(F)c5)c(Cl)c4)ncnc3cn2)cs1)c1ccccn1. The van der Waals surface area contributed by atoms with Gasteiger partial charge in [0.2, 0.25) is 0 Å². The van der Waals surface area contributed by atoms with Crippen molar-refractivity contribution in [3.8, 4) is 17.1 Å². The molecule has 0 atom stereocenters. The second-order valence-electron chi connectivity index (χ2n) is 10.5. The van der Waals surface area contributed by atoms with Crippen LogP contribution in [-0.2, 0) is 22.9 Å². The third-order valence-electron chi connectivity index (χ3n) is 7.06. The molecule has 14 heteroatoms. The van der Waals surface area contributed by atoms with Crippen LogP contribution in [0.15, 0.2) is 95.9 Å². The third-order valence-corrected chi connectivity index (χ3v) is 9.89. The molecule has 2 aromatic carbocycles. The van der Waals surface area contributed by atoms with E-state index in [1.807, 2.05) is 17.5 Å². The molecule has 240 valence electrons. The topological polar surface area (TPSA) is 132 Å². The molecule has 6 rings (SSSR count). The highest BCUT2D eigenvalue weighted by molar-refractivity contribution is 7.91. The van der Waals surface area contributed by atoms with E-state index in [4.69, 9.17) is 21.3 Å². The minimum atomic E-state index is -3.40. The molecule has 0 aliphatic heterocycles. The highest BCUT2D eigenvalue weighted by atomic mass is 35.5. The molecule has 2 N–H and O–H groups in total. The highest BCUT2D eigenvalue weighted by Gasteiger charge is 2.15. The number of benzene rings is 2. The maximum Gasteiger partial charge on any atom is 0.196 e. The minimum absolute atomic E-state index is 0.00954. The molecule has 0 spiro atoms. The quantitative estimate of drug-likeness (QED) is 0.120. The van der Waals surface area contributed by atoms with Crippen LogP contribution >= 0.6 is 22.9 Å². The maximum atomic E-state index is 13.5. The van der Waals surface area contributed by atoms with Gasteiger partial charge in [0.05, 0.1) is 38.9 Å². The van der Waals surface area contributed by atoms with Crippen molar-refractivity contribution < 1.29 is 17.5 Å². The predicted octanol–water partition coefficient (Wildman–Crippen LogP) is 6.65. The smallest absolute Gasteiger partial charge is 0.196 e. The van der Waals surface area contributed by atoms with Gasteiger partial charge in [-0.1, -0.05) is 29.8 Å². The number of pyridine rings is 2. The Bertz CT molecular complexity index is 2100. The molecule has 0 aliphatic rings. The Balaban J connectivity index is 1.05. The largest absolute Gasteiger partial charge is 0.487 e. The molecule has 0 unspecified atom stereocenters. The summed E-state index contributed by atoms with van der Waals surface area (Å²) in [5, 5.41) is 10.7. The number of sulfone groups is 1. The number of halogens is 2. The summed E-state index contributed by atoms with van der Waals surface area (Å²) in [6.07, 6.45) is 6.19. The third kappa shape index (κ3) is 8.43. The van der Waals surface area contributed by atoms with Gasteiger partial charge < -0.3 is 15.4 Å². The number of hydrogen-bond acceptors (Lipinski definition) is 11. The molecule has 47 heavy (non-hydrogen) atoms. The Morgan fingerprint density at radius 2 is 1.85 bits per heavy atom. The van der Waals surface area contributed by atoms with E-state index in [1.54, 1.807) is 53.9 Å². The molecule has 0 saturated heterocycles. The molecule has 0 aliphatic carbocycles. The molecule has 0 radical (unpaired) electrons. The molecule has 10 nitrogen and oxygen atoms in total. The summed E-state index contributed by atoms with van der Waals surface area (Å²) in [4.78, 5) is 22.1. The lowest BCUT2D eigenvalue weighted by molar-refractivity contribution is 0.306. The number of nitrogens with one attached hydrogen (secondary N) is 2. The van der Waals surface area contributed by atoms with Crippen LogP contribution in [0.2, 0.25) is 5.02 Å². The molecule has 0 bridgehead atoms. The van der Waals surface area contributed by atoms with Gasteiger partial charge in [-0.2, -0.15) is 0 Å². The lowest BCUT2D eigenvalue weighted by Crippen LogP contribution is -2.24. The number of ether oxygens (including phenoxy) is 1. The first-order valence-corrected chi connectivity index (χ1v) is 17.6. The summed E-state index contributed by atoms with van der Waals surface area (Å²) in [5.74, 6) is 0.723. The van der Waals surface area contributed by atoms with E-state index in [0.29, 0.717) is 52.1 Å². The van der Waals surface area contributed by atoms with Crippen LogP contribution in [0.1, 0.15) is 17.0 Å². The van der Waals surface area contributed by atoms with Crippen LogP contribution in [0.4, 0.5) is 15.9 Å². The van der Waals surface area contributed by atoms with Gasteiger partial charge in [-0.05, 0) is 67.1 Å². The number of anilines is 2. The zero-order valence-corrected chi connectivity index (χ0v) is 27.3. The average molecular weight is 690 g/mol. The molecular formula is C33H29ClFN7O3S2. The maximum absolute atomic E-state index is 13.5. The van der Waals surface area contributed by atoms with Crippen molar-refractivity contribution in [1.29, 1.82) is 0 Å². The zero-order chi connectivity index (χ0) is 32.6. The van der Waals surface area contributed by atoms with E-state index in [1.165, 1.54) is 30.7 Å². The summed E-state index contributed by atoms with van der Waals surface area (Å²) in [6, 6.07) is 18.3. The first-order valence-electron chi connectivity index (χ1n) is 14.7. The molecule has 4 aromatic heterocycles. The van der Waals surface area contributed by atoms with Gasteiger partial charge in [0.25, 0.3) is 0 Å². The lowest BCUT2D eigenvalue weighted by Gasteiger charge is -2.12. The van der Waals surface area contributed by atoms with Crippen LogP contribution in [-0.4, -0.2) is 52.2 Å². The number of aryl methyl sites for hydroxylation is 1. The van der Waals surface area contributed by atoms with Gasteiger partial charge in [-0.3, -0.25) is 4.98 Å². The van der Waals surface area contributed by atoms with Crippen LogP contribution in [0, 0.1) is 5.82 Å². The summed E-state index contributed by atoms with van der Waals surface area (Å²) in [5.41, 5.74) is 3.50. The Hall–Kier alpha value is -4.56. The van der Waals surface area contributed by atoms with Gasteiger partial charge in [0, 0.05) is 35.6 Å². The Kier molecular flexibility index (Phi) is 10.3. The van der Waals surface area contributed by atoms with E-state index in [9.17, 15) is 12.8 Å². The number of hydrogen-bond donors (Lipinski definition) is 2. The second-order valence-corrected chi connectivity index (χ2v) is 13.9. The standard InChI is InChI=1S/C33H29ClFN7O3S2/c34-26-16-24(9-10-30(26)45-19-22-5-3-6-23(35)15-22)41-33-25-17-27(38-18-28(25)39-21-40-33)29-20-46-31(42-29)7-4-11-36-13-14-47(43,44)32-8-1-2-12-37-32/h1-3,5-6,8-10,12,15-18,20-21,36H,4,7,11,13-14,19H2,(H,39,40,41). The van der Waals surface area contributed by atoms with Crippen molar-refractivity contribution in [2.45, 2.75) is 24.5 Å². The van der Waals surface area contributed by atoms with Crippen molar-refractivity contribution in [1.82, 2.24) is 30.2 Å². The van der Waals surface area contributed by atoms with Gasteiger partial charge >= 0.3 is 0 Å². The lowest BCUT2D eigenvalue weighted by atomic mass is 10.2. The number of fused-ring (bicyclic) bond motifs is 1. The predicted molar refractivity (Wildman–Crippen MR) is 181 cm³/mol. The number of thiazole rings is 1. The molecule has 0 fully saturated rings. The number of nitrogens with zero attached hydrogens (tertiary/aromatic N) is 5. The average Bonchev–Trinajstić information content (AvgIpc) is 3.55. The summed E-state index contributed by atoms with van der Waals surface area (Å²) < 4.78 is 44.0. The highest BCUT2D eigenvalue weighted by Crippen LogP contribution is 2.32. The van der Waals surface area contributed by atoms with Gasteiger partial charge in [-0.15, -0.1) is 11.3 Å². The summed E-state index contributed by atoms with van der Waals surface area (Å²) in [6.45, 7) is 1.20. The fourth-order valence-electron chi connectivity index (χ4n) is 4.69. The fraction of sp³-hybridized carbons (Fsp3) is 0.182. The van der Waals surface area contributed by atoms with Crippen LogP contribution in [0.3, 0.4) is 0 Å². The first-order chi connectivity index (χ1) is 22.8. The van der Waals surface area contributed by atoms with Crippen molar-refractivity contribution >= 4 is 55.2 Å². The van der Waals surface area contributed by atoms with Gasteiger partial charge in [-0.25, -0.2) is 32.7 Å². The van der Waals surface area contributed by atoms with Crippen LogP contribution in [0.25, 0.3) is 22.3 Å². The molecule has 0 amide bonds. The van der Waals surface area contributed by atoms with E-state index in [0.717, 1.165) is 28.9 Å². The van der Waals surface area contributed by atoms with E-state index >= 15 is 0 Å². The fourth-order valence-corrected chi connectivity index (χ4v) is 6.89. The molecular weight excluding hydrogens is 661 g/mol. The van der Waals surface area contributed by atoms with Crippen molar-refractivity contribution in [3.63, 3.8) is 0 Å². The van der Waals surface area contributed by atoms with Crippen molar-refractivity contribution in [2.24, 2.45) is 0 Å². The van der Waals surface area contributed by atoms with Gasteiger partial charge in [0.15, 0.2) is 14.9 Å². The molecule has 6 aromatic rings. The molecule has 4 heterocycles.